The van der Waals surface area contributed by atoms with Gasteiger partial charge in [-0.05, 0) is 31.0 Å². The molecule has 0 aliphatic heterocycles. The van der Waals surface area contributed by atoms with E-state index in [-0.39, 0.29) is 11.0 Å². The maximum Gasteiger partial charge on any atom is 0.203 e. The summed E-state index contributed by atoms with van der Waals surface area (Å²) in [5, 5.41) is 0.598. The molecule has 1 aromatic rings. The maximum atomic E-state index is 6.99. The largest absolute Gasteiger partial charge is 0.493 e. The lowest BCUT2D eigenvalue weighted by Crippen LogP contribution is -2.46. The summed E-state index contributed by atoms with van der Waals surface area (Å²) in [6.45, 7) is 1.77. The Kier molecular flexibility index (Phi) is 4.83. The molecule has 0 spiro atoms. The van der Waals surface area contributed by atoms with Crippen LogP contribution in [0.4, 0.5) is 0 Å². The summed E-state index contributed by atoms with van der Waals surface area (Å²) in [6, 6.07) is 3.67. The van der Waals surface area contributed by atoms with Crippen LogP contribution in [0.3, 0.4) is 0 Å². The third-order valence-electron chi connectivity index (χ3n) is 5.34. The molecule has 0 amide bonds. The van der Waals surface area contributed by atoms with Gasteiger partial charge in [0.15, 0.2) is 11.5 Å². The van der Waals surface area contributed by atoms with Gasteiger partial charge in [0.1, 0.15) is 9.75 Å². The molecule has 1 saturated carbocycles. The first-order valence-corrected chi connectivity index (χ1v) is 9.42. The number of halogens is 5. The second-order valence-electron chi connectivity index (χ2n) is 6.36. The fourth-order valence-electron chi connectivity index (χ4n) is 3.87. The molecule has 0 radical (unpaired) electrons. The second kappa shape index (κ2) is 6.17. The highest BCUT2D eigenvalue weighted by molar-refractivity contribution is 6.56. The number of rotatable bonds is 4. The molecule has 138 valence electrons. The van der Waals surface area contributed by atoms with Crippen molar-refractivity contribution in [2.75, 3.05) is 21.3 Å². The van der Waals surface area contributed by atoms with Gasteiger partial charge in [0.25, 0.3) is 0 Å². The van der Waals surface area contributed by atoms with Crippen LogP contribution < -0.4 is 14.2 Å². The van der Waals surface area contributed by atoms with Crippen molar-refractivity contribution >= 4 is 58.0 Å². The van der Waals surface area contributed by atoms with Crippen molar-refractivity contribution in [2.45, 2.75) is 33.9 Å². The van der Waals surface area contributed by atoms with E-state index in [1.165, 1.54) is 0 Å². The summed E-state index contributed by atoms with van der Waals surface area (Å²) in [5.41, 5.74) is 0.834. The molecule has 0 heterocycles. The third kappa shape index (κ3) is 2.26. The van der Waals surface area contributed by atoms with Crippen LogP contribution in [-0.2, 0) is 0 Å². The van der Waals surface area contributed by atoms with Gasteiger partial charge in [-0.3, -0.25) is 0 Å². The van der Waals surface area contributed by atoms with Gasteiger partial charge in [-0.2, -0.15) is 0 Å². The van der Waals surface area contributed by atoms with Crippen molar-refractivity contribution in [1.82, 2.24) is 0 Å². The molecule has 0 N–H and O–H groups in total. The lowest BCUT2D eigenvalue weighted by atomic mass is 9.84. The summed E-state index contributed by atoms with van der Waals surface area (Å²) in [5.74, 6) is 1.25. The first-order valence-electron chi connectivity index (χ1n) is 7.53. The molecule has 1 fully saturated rings. The number of hydrogen-bond acceptors (Lipinski definition) is 3. The summed E-state index contributed by atoms with van der Waals surface area (Å²) < 4.78 is 16.2. The zero-order valence-electron chi connectivity index (χ0n) is 14.1. The number of hydrogen-bond donors (Lipinski definition) is 0. The predicted octanol–water partition coefficient (Wildman–Crippen LogP) is 5.86. The molecule has 3 nitrogen and oxygen atoms in total. The van der Waals surface area contributed by atoms with Crippen molar-refractivity contribution in [3.63, 3.8) is 0 Å². The van der Waals surface area contributed by atoms with Crippen molar-refractivity contribution in [3.8, 4) is 17.2 Å². The van der Waals surface area contributed by atoms with Crippen LogP contribution in [0.5, 0.6) is 17.2 Å². The molecule has 0 aromatic heterocycles. The minimum Gasteiger partial charge on any atom is -0.493 e. The minimum absolute atomic E-state index is 0.280. The predicted molar refractivity (Wildman–Crippen MR) is 104 cm³/mol. The molecule has 3 rings (SSSR count). The molecule has 0 unspecified atom stereocenters. The zero-order valence-corrected chi connectivity index (χ0v) is 17.8. The van der Waals surface area contributed by atoms with Crippen LogP contribution >= 0.6 is 58.0 Å². The Hall–Kier alpha value is -0.190. The third-order valence-corrected chi connectivity index (χ3v) is 9.00. The van der Waals surface area contributed by atoms with Crippen LogP contribution in [0.25, 0.3) is 0 Å². The van der Waals surface area contributed by atoms with Gasteiger partial charge in [0.05, 0.1) is 36.3 Å². The fraction of sp³-hybridized carbons (Fsp3) is 0.529. The van der Waals surface area contributed by atoms with E-state index >= 15 is 0 Å². The average molecular weight is 447 g/mol. The number of allylic oxidation sites excluding steroid dienone is 2. The Balaban J connectivity index is 2.20. The standard InChI is InChI=1S/C17H17Cl5O3/c1-15(20)16(21)7-9(17(15,22)14(19)13(16)18)8-5-10(23-2)12(25-4)11(6-8)24-3/h5-6,9H,7H2,1-4H3/t9-,15+,16-,17+/m1/s1. The van der Waals surface area contributed by atoms with Gasteiger partial charge >= 0.3 is 0 Å². The summed E-state index contributed by atoms with van der Waals surface area (Å²) in [4.78, 5) is -3.23. The minimum atomic E-state index is -1.14. The zero-order chi connectivity index (χ0) is 18.8. The van der Waals surface area contributed by atoms with Gasteiger partial charge < -0.3 is 14.2 Å². The lowest BCUT2D eigenvalue weighted by molar-refractivity contribution is 0.323. The lowest BCUT2D eigenvalue weighted by Gasteiger charge is -2.36. The molecule has 2 aliphatic rings. The van der Waals surface area contributed by atoms with Crippen LogP contribution in [0, 0.1) is 0 Å². The van der Waals surface area contributed by atoms with E-state index < -0.39 is 14.6 Å². The van der Waals surface area contributed by atoms with Gasteiger partial charge in [-0.25, -0.2) is 0 Å². The monoisotopic (exact) mass is 444 g/mol. The first kappa shape index (κ1) is 19.6. The first-order chi connectivity index (χ1) is 11.6. The van der Waals surface area contributed by atoms with E-state index in [2.05, 4.69) is 0 Å². The molecule has 4 atom stereocenters. The molecule has 8 heteroatoms. The summed E-state index contributed by atoms with van der Waals surface area (Å²) >= 11 is 33.4. The molecule has 25 heavy (non-hydrogen) atoms. The molecule has 2 aliphatic carbocycles. The molecular formula is C17H17Cl5O3. The van der Waals surface area contributed by atoms with Crippen molar-refractivity contribution in [3.05, 3.63) is 27.8 Å². The van der Waals surface area contributed by atoms with E-state index in [9.17, 15) is 0 Å². The van der Waals surface area contributed by atoms with Gasteiger partial charge in [-0.15, -0.1) is 34.8 Å². The Labute approximate surface area is 172 Å². The van der Waals surface area contributed by atoms with Crippen molar-refractivity contribution < 1.29 is 14.2 Å². The number of fused-ring (bicyclic) bond motifs is 2. The number of benzene rings is 1. The van der Waals surface area contributed by atoms with E-state index in [1.807, 2.05) is 12.1 Å². The summed E-state index contributed by atoms with van der Waals surface area (Å²) in [6.07, 6.45) is 0.436. The average Bonchev–Trinajstić information content (AvgIpc) is 2.82. The van der Waals surface area contributed by atoms with E-state index in [1.54, 1.807) is 28.3 Å². The second-order valence-corrected chi connectivity index (χ2v) is 9.11. The van der Waals surface area contributed by atoms with E-state index in [0.29, 0.717) is 28.7 Å². The van der Waals surface area contributed by atoms with Crippen LogP contribution in [0.2, 0.25) is 0 Å². The molecule has 0 saturated heterocycles. The van der Waals surface area contributed by atoms with E-state index in [0.717, 1.165) is 5.56 Å². The number of ether oxygens (including phenoxy) is 3. The molecular weight excluding hydrogens is 429 g/mol. The normalized spacial score (nSPS) is 36.8. The topological polar surface area (TPSA) is 27.7 Å². The van der Waals surface area contributed by atoms with Crippen molar-refractivity contribution in [1.29, 1.82) is 0 Å². The Bertz CT molecular complexity index is 738. The van der Waals surface area contributed by atoms with Gasteiger partial charge in [0, 0.05) is 5.92 Å². The fourth-order valence-corrected chi connectivity index (χ4v) is 6.26. The number of methoxy groups -OCH3 is 3. The van der Waals surface area contributed by atoms with Crippen LogP contribution in [-0.4, -0.2) is 36.0 Å². The van der Waals surface area contributed by atoms with E-state index in [4.69, 9.17) is 72.2 Å². The highest BCUT2D eigenvalue weighted by Gasteiger charge is 2.76. The number of alkyl halides is 3. The van der Waals surface area contributed by atoms with Crippen molar-refractivity contribution in [2.24, 2.45) is 0 Å². The quantitative estimate of drug-likeness (QED) is 0.543. The van der Waals surface area contributed by atoms with Gasteiger partial charge in [0.2, 0.25) is 5.75 Å². The Morgan fingerprint density at radius 3 is 1.80 bits per heavy atom. The maximum absolute atomic E-state index is 6.99. The Morgan fingerprint density at radius 1 is 0.920 bits per heavy atom. The SMILES string of the molecule is COc1cc([C@H]2C[C@@]3(Cl)C(Cl)=C(Cl)[C@]2(Cl)[C@@]3(C)Cl)cc(OC)c1OC. The summed E-state index contributed by atoms with van der Waals surface area (Å²) in [7, 11) is 4.65. The highest BCUT2D eigenvalue weighted by Crippen LogP contribution is 2.75. The van der Waals surface area contributed by atoms with Crippen LogP contribution in [0.15, 0.2) is 22.2 Å². The molecule has 1 aromatic carbocycles. The van der Waals surface area contributed by atoms with Gasteiger partial charge in [-0.1, -0.05) is 23.2 Å². The van der Waals surface area contributed by atoms with Crippen LogP contribution in [0.1, 0.15) is 24.8 Å². The Morgan fingerprint density at radius 2 is 1.44 bits per heavy atom. The smallest absolute Gasteiger partial charge is 0.203 e. The molecule has 2 bridgehead atoms. The highest BCUT2D eigenvalue weighted by atomic mass is 35.5.